The van der Waals surface area contributed by atoms with E-state index in [1.165, 1.54) is 244 Å². The summed E-state index contributed by atoms with van der Waals surface area (Å²) in [4.78, 5) is 0. The first-order chi connectivity index (χ1) is 42.4. The Morgan fingerprint density at radius 3 is 0.774 bits per heavy atom. The topological polar surface area (TPSA) is 51.2 Å². The highest BCUT2D eigenvalue weighted by molar-refractivity contribution is 8.00. The maximum atomic E-state index is 13.1. The van der Waals surface area contributed by atoms with Crippen LogP contribution in [0.4, 0.5) is 0 Å². The number of sulfone groups is 1. The van der Waals surface area contributed by atoms with Crippen molar-refractivity contribution in [2.24, 2.45) is 88.8 Å². The second-order valence-electron chi connectivity index (χ2n) is 35.2. The molecule has 0 spiro atoms. The summed E-state index contributed by atoms with van der Waals surface area (Å²) in [6.45, 7) is 7.34. The van der Waals surface area contributed by atoms with Gasteiger partial charge >= 0.3 is 0 Å². The van der Waals surface area contributed by atoms with Crippen LogP contribution in [-0.4, -0.2) is 69.4 Å². The highest BCUT2D eigenvalue weighted by Crippen LogP contribution is 2.47. The van der Waals surface area contributed by atoms with E-state index in [2.05, 4.69) is 32.5 Å². The van der Waals surface area contributed by atoms with E-state index in [0.29, 0.717) is 10.5 Å². The van der Waals surface area contributed by atoms with Crippen LogP contribution in [0.5, 0.6) is 0 Å². The van der Waals surface area contributed by atoms with Crippen LogP contribution in [0.1, 0.15) is 413 Å². The van der Waals surface area contributed by atoms with Crippen molar-refractivity contribution in [3.63, 3.8) is 0 Å². The fraction of sp³-hybridized carbons (Fsp3) is 1.00. The van der Waals surface area contributed by atoms with Gasteiger partial charge in [-0.05, 0) is 243 Å². The molecule has 12 rings (SSSR count). The van der Waals surface area contributed by atoms with Crippen LogP contribution in [0.15, 0.2) is 0 Å². The van der Waals surface area contributed by atoms with Gasteiger partial charge in [0.05, 0.1) is 10.5 Å². The van der Waals surface area contributed by atoms with Gasteiger partial charge in [-0.25, -0.2) is 8.42 Å². The van der Waals surface area contributed by atoms with Gasteiger partial charge in [-0.3, -0.25) is 4.21 Å². The van der Waals surface area contributed by atoms with Crippen LogP contribution in [0.3, 0.4) is 0 Å². The van der Waals surface area contributed by atoms with Gasteiger partial charge < -0.3 is 0 Å². The predicted octanol–water partition coefficient (Wildman–Crippen LogP) is 26.3. The molecule has 1 unspecified atom stereocenters. The van der Waals surface area contributed by atoms with Gasteiger partial charge in [-0.15, -0.1) is 0 Å². The Labute approximate surface area is 600 Å². The smallest absolute Gasteiger partial charge is 0.156 e. The van der Waals surface area contributed by atoms with Crippen LogP contribution in [0.25, 0.3) is 0 Å². The largest absolute Gasteiger partial charge is 0.259 e. The molecule has 0 aliphatic heterocycles. The fourth-order valence-electron chi connectivity index (χ4n) is 22.1. The summed E-state index contributed by atoms with van der Waals surface area (Å²) in [5.41, 5.74) is 0. The monoisotopic (exact) mass is 1350 g/mol. The molecule has 12 fully saturated rings. The zero-order valence-electron chi connectivity index (χ0n) is 59.6. The summed E-state index contributed by atoms with van der Waals surface area (Å²) in [6.07, 6.45) is 80.7. The Hall–Kier alpha value is 0.645. The Morgan fingerprint density at radius 2 is 0.473 bits per heavy atom. The molecule has 12 aliphatic carbocycles. The fourth-order valence-corrected chi connectivity index (χ4v) is 28.4. The van der Waals surface area contributed by atoms with E-state index in [4.69, 9.17) is 0 Å². The van der Waals surface area contributed by atoms with Crippen molar-refractivity contribution in [3.8, 4) is 0 Å². The van der Waals surface area contributed by atoms with Gasteiger partial charge in [0.25, 0.3) is 0 Å². The van der Waals surface area contributed by atoms with E-state index in [1.54, 1.807) is 83.5 Å². The van der Waals surface area contributed by atoms with Crippen molar-refractivity contribution in [1.82, 2.24) is 0 Å². The first-order valence-corrected chi connectivity index (χ1v) is 44.5. The van der Waals surface area contributed by atoms with E-state index in [9.17, 15) is 12.6 Å². The summed E-state index contributed by atoms with van der Waals surface area (Å²) in [5.74, 6) is 15.2. The Bertz CT molecular complexity index is 1990. The molecule has 12 saturated carbocycles. The first-order valence-electron chi connectivity index (χ1n) is 40.7. The van der Waals surface area contributed by atoms with Crippen LogP contribution in [0, 0.1) is 88.8 Å². The van der Waals surface area contributed by atoms with E-state index in [-0.39, 0.29) is 62.3 Å². The third-order valence-corrected chi connectivity index (χ3v) is 35.1. The van der Waals surface area contributed by atoms with Crippen molar-refractivity contribution in [3.05, 3.63) is 0 Å². The van der Waals surface area contributed by atoms with E-state index < -0.39 is 20.6 Å². The molecule has 9 radical (unpaired) electrons. The van der Waals surface area contributed by atoms with Crippen molar-refractivity contribution in [1.29, 1.82) is 0 Å². The van der Waals surface area contributed by atoms with Gasteiger partial charge in [-0.1, -0.05) is 255 Å². The van der Waals surface area contributed by atoms with E-state index in [1.807, 2.05) is 0 Å². The molecule has 93 heavy (non-hydrogen) atoms. The minimum absolute atomic E-state index is 0. The van der Waals surface area contributed by atoms with Gasteiger partial charge in [0.1, 0.15) is 0 Å². The Kier molecular flexibility index (Phi) is 42.2. The van der Waals surface area contributed by atoms with Crippen LogP contribution in [-0.2, 0) is 20.6 Å². The summed E-state index contributed by atoms with van der Waals surface area (Å²) in [6, 6.07) is 0. The molecule has 1 atom stereocenters. The van der Waals surface area contributed by atoms with Crippen LogP contribution in [0.2, 0.25) is 0 Å². The molecule has 3 nitrogen and oxygen atoms in total. The lowest BCUT2D eigenvalue weighted by molar-refractivity contribution is 0.174. The van der Waals surface area contributed by atoms with Crippen molar-refractivity contribution < 1.29 is 16.9 Å². The van der Waals surface area contributed by atoms with Gasteiger partial charge in [-0.2, -0.15) is 11.8 Å². The summed E-state index contributed by atoms with van der Waals surface area (Å²) in [7, 11) is -3.39. The average Bonchev–Trinajstić information content (AvgIpc) is 0.822. The number of thioether (sulfide) groups is 1. The lowest BCUT2D eigenvalue weighted by Gasteiger charge is -2.36. The minimum Gasteiger partial charge on any atom is -0.259 e. The van der Waals surface area contributed by atoms with E-state index in [0.717, 1.165) is 138 Å². The molecule has 0 saturated heterocycles. The van der Waals surface area contributed by atoms with Crippen LogP contribution < -0.4 is 0 Å². The molecule has 0 bridgehead atoms. The molecule has 0 amide bonds. The zero-order valence-corrected chi connectivity index (χ0v) is 62.1. The zero-order chi connectivity index (χ0) is 60.2. The highest BCUT2D eigenvalue weighted by Gasteiger charge is 2.39. The van der Waals surface area contributed by atoms with Gasteiger partial charge in [0, 0.05) is 61.3 Å². The highest BCUT2D eigenvalue weighted by atomic mass is 32.2. The lowest BCUT2D eigenvalue weighted by Crippen LogP contribution is -2.36. The van der Waals surface area contributed by atoms with Crippen molar-refractivity contribution >= 4 is 57.6 Å². The molecule has 0 N–H and O–H groups in total. The second-order valence-corrected chi connectivity index (χ2v) is 41.3. The molecule has 0 aromatic carbocycles. The third kappa shape index (κ3) is 28.8. The Morgan fingerprint density at radius 1 is 0.269 bits per heavy atom. The quantitative estimate of drug-likeness (QED) is 0.128. The molecule has 0 heterocycles. The molecule has 0 aromatic heterocycles. The Balaban J connectivity index is 0.000000688. The molecule has 12 aliphatic rings. The summed E-state index contributed by atoms with van der Waals surface area (Å²) < 4.78 is 39.1. The maximum absolute atomic E-state index is 13.1. The maximum Gasteiger partial charge on any atom is 0.156 e. The lowest BCUT2D eigenvalue weighted by atomic mass is 9.71. The second kappa shape index (κ2) is 45.6. The molecular weight excluding hydrogens is 1190 g/mol. The minimum atomic E-state index is -2.87. The average molecular weight is 1350 g/mol. The van der Waals surface area contributed by atoms with Crippen LogP contribution >= 0.6 is 11.8 Å². The molecule has 0 aromatic rings. The van der Waals surface area contributed by atoms with Crippen molar-refractivity contribution in [2.75, 3.05) is 0 Å². The SMILES string of the molecule is C.C.C.CC1CCC(CC2CCC(CC3CCC(S(=O)(=O)C4CCCCC4)CC3)CC2)CC1.CC1CCC(CC2CCC(CC3CCC(S(=O)C4CCCCC4)CC3)CC2)CC1.CC1CCC(CC2CCC(CC3CCC(SC4CCCCC4)CC3)CC2)CC1.[2HH].[2HH].[2HH].[B].[B].[B]. The molecular formula is C84H162B3O3S3. The standard InChI is InChI=1S/C27H48O2S.C27H48OS.C27H48S.3CH4.3B.3H2/c1-21-7-9-22(10-8-21)19-23-11-13-24(14-12-23)20-25-15-17-27(18-16-25)30(28,29)26-5-3-2-4-6-26;1-21-7-9-22(10-8-21)19-23-11-13-24(14-12-23)20-25-15-17-27(18-16-25)29(28)26-5-3-2-4-6-26;1-21-7-9-22(10-8-21)19-23-11-13-24(14-12-23)20-25-15-17-27(18-16-25)28-26-5-3-2-4-6-26;;;;;;;;;/h21-27H,2-20H2,1H3;21-27H,2-20H2,1H3;21-27H,2-20H2,1H3;3*1H4;;;;3*1H/i;;;;;;;;;3*1+1. The number of rotatable bonds is 18. The third-order valence-electron chi connectivity index (χ3n) is 28.3. The summed E-state index contributed by atoms with van der Waals surface area (Å²) in [5, 5.41) is 3.13. The normalized spacial score (nSPS) is 38.0. The molecule has 9 heteroatoms. The van der Waals surface area contributed by atoms with Gasteiger partial charge in [0.2, 0.25) is 0 Å². The number of hydrogen-bond donors (Lipinski definition) is 0. The van der Waals surface area contributed by atoms with Gasteiger partial charge in [0.15, 0.2) is 9.84 Å². The first kappa shape index (κ1) is 86.1. The molecule has 543 valence electrons. The van der Waals surface area contributed by atoms with Crippen molar-refractivity contribution in [2.45, 2.75) is 441 Å². The predicted molar refractivity (Wildman–Crippen MR) is 424 cm³/mol. The summed E-state index contributed by atoms with van der Waals surface area (Å²) >= 11 is 2.41. The van der Waals surface area contributed by atoms with E-state index >= 15 is 0 Å². The number of hydrogen-bond acceptors (Lipinski definition) is 4.